The average molecular weight is 420 g/mol. The minimum absolute atomic E-state index is 0.00701. The first-order valence-electron chi connectivity index (χ1n) is 9.52. The molecular formula is C21H26F2N4O3. The number of guanidine groups is 1. The zero-order valence-corrected chi connectivity index (χ0v) is 17.0. The Morgan fingerprint density at radius 1 is 1.03 bits per heavy atom. The summed E-state index contributed by atoms with van der Waals surface area (Å²) < 4.78 is 35.7. The number of benzene rings is 2. The number of carbonyl (C=O) groups is 1. The molecule has 2 aromatic carbocycles. The van der Waals surface area contributed by atoms with Gasteiger partial charge in [-0.05, 0) is 25.1 Å². The molecule has 30 heavy (non-hydrogen) atoms. The Bertz CT molecular complexity index is 832. The van der Waals surface area contributed by atoms with Crippen LogP contribution in [0.2, 0.25) is 0 Å². The highest BCUT2D eigenvalue weighted by Gasteiger charge is 2.16. The van der Waals surface area contributed by atoms with Crippen molar-refractivity contribution in [3.05, 3.63) is 59.7 Å². The van der Waals surface area contributed by atoms with E-state index >= 15 is 0 Å². The Hall–Kier alpha value is -3.36. The van der Waals surface area contributed by atoms with Gasteiger partial charge in [0, 0.05) is 37.8 Å². The van der Waals surface area contributed by atoms with Crippen molar-refractivity contribution in [1.82, 2.24) is 16.0 Å². The van der Waals surface area contributed by atoms with E-state index in [-0.39, 0.29) is 24.0 Å². The molecule has 0 fully saturated rings. The third-order valence-corrected chi connectivity index (χ3v) is 3.98. The Morgan fingerprint density at radius 2 is 1.77 bits per heavy atom. The molecule has 0 radical (unpaired) electrons. The maximum absolute atomic E-state index is 12.8. The van der Waals surface area contributed by atoms with Crippen molar-refractivity contribution in [1.29, 1.82) is 0 Å². The second-order valence-electron chi connectivity index (χ2n) is 6.03. The van der Waals surface area contributed by atoms with Crippen LogP contribution >= 0.6 is 0 Å². The van der Waals surface area contributed by atoms with E-state index in [4.69, 9.17) is 4.74 Å². The molecule has 0 saturated heterocycles. The lowest BCUT2D eigenvalue weighted by Crippen LogP contribution is -2.41. The lowest BCUT2D eigenvalue weighted by atomic mass is 10.2. The van der Waals surface area contributed by atoms with Crippen molar-refractivity contribution in [2.45, 2.75) is 20.1 Å². The normalized spacial score (nSPS) is 11.2. The Kier molecular flexibility index (Phi) is 9.36. The summed E-state index contributed by atoms with van der Waals surface area (Å²) in [6.45, 7) is 0.134. The molecule has 0 aliphatic rings. The minimum Gasteiger partial charge on any atom is -0.490 e. The average Bonchev–Trinajstić information content (AvgIpc) is 2.75. The Labute approximate surface area is 174 Å². The van der Waals surface area contributed by atoms with Crippen molar-refractivity contribution in [3.8, 4) is 11.5 Å². The molecule has 3 N–H and O–H groups in total. The molecule has 2 aromatic rings. The van der Waals surface area contributed by atoms with Gasteiger partial charge in [0.1, 0.15) is 0 Å². The summed E-state index contributed by atoms with van der Waals surface area (Å²) in [5.74, 6) is 0.534. The van der Waals surface area contributed by atoms with Crippen LogP contribution in [0.4, 0.5) is 8.78 Å². The van der Waals surface area contributed by atoms with E-state index in [0.717, 1.165) is 0 Å². The van der Waals surface area contributed by atoms with Crippen LogP contribution in [0.25, 0.3) is 0 Å². The van der Waals surface area contributed by atoms with Gasteiger partial charge in [-0.2, -0.15) is 8.78 Å². The summed E-state index contributed by atoms with van der Waals surface area (Å²) in [4.78, 5) is 16.1. The van der Waals surface area contributed by atoms with Gasteiger partial charge in [-0.15, -0.1) is 0 Å². The number of halogens is 2. The molecule has 9 heteroatoms. The summed E-state index contributed by atoms with van der Waals surface area (Å²) in [6.07, 6.45) is 0. The molecule has 0 spiro atoms. The second-order valence-corrected chi connectivity index (χ2v) is 6.03. The standard InChI is InChI=1S/C21H26F2N4O3/c1-3-29-17-11-7-10-16(18(17)30-20(22)23)14-27-21(24-2)26-13-12-25-19(28)15-8-5-4-6-9-15/h4-11,20H,3,12-14H2,1-2H3,(H,25,28)(H2,24,26,27). The summed E-state index contributed by atoms with van der Waals surface area (Å²) in [5.41, 5.74) is 1.09. The van der Waals surface area contributed by atoms with E-state index < -0.39 is 6.61 Å². The Morgan fingerprint density at radius 3 is 2.43 bits per heavy atom. The fraction of sp³-hybridized carbons (Fsp3) is 0.333. The number of ether oxygens (including phenoxy) is 2. The van der Waals surface area contributed by atoms with Crippen LogP contribution in [0, 0.1) is 0 Å². The van der Waals surface area contributed by atoms with Crippen molar-refractivity contribution >= 4 is 11.9 Å². The van der Waals surface area contributed by atoms with Crippen molar-refractivity contribution in [2.75, 3.05) is 26.7 Å². The summed E-state index contributed by atoms with van der Waals surface area (Å²) in [6, 6.07) is 13.9. The van der Waals surface area contributed by atoms with E-state index in [2.05, 4.69) is 25.7 Å². The van der Waals surface area contributed by atoms with Gasteiger partial charge in [-0.25, -0.2) is 0 Å². The van der Waals surface area contributed by atoms with Gasteiger partial charge in [-0.3, -0.25) is 9.79 Å². The molecule has 0 aromatic heterocycles. The smallest absolute Gasteiger partial charge is 0.387 e. The van der Waals surface area contributed by atoms with E-state index in [9.17, 15) is 13.6 Å². The predicted molar refractivity (Wildman–Crippen MR) is 111 cm³/mol. The largest absolute Gasteiger partial charge is 0.490 e. The zero-order chi connectivity index (χ0) is 21.8. The van der Waals surface area contributed by atoms with Crippen LogP contribution in [0.1, 0.15) is 22.8 Å². The molecule has 162 valence electrons. The zero-order valence-electron chi connectivity index (χ0n) is 17.0. The molecule has 0 heterocycles. The van der Waals surface area contributed by atoms with Crippen LogP contribution in [0.15, 0.2) is 53.5 Å². The van der Waals surface area contributed by atoms with Gasteiger partial charge in [-0.1, -0.05) is 30.3 Å². The minimum atomic E-state index is -2.96. The number of nitrogens with zero attached hydrogens (tertiary/aromatic N) is 1. The van der Waals surface area contributed by atoms with Crippen LogP contribution in [0.3, 0.4) is 0 Å². The van der Waals surface area contributed by atoms with E-state index in [1.54, 1.807) is 56.4 Å². The van der Waals surface area contributed by atoms with Crippen LogP contribution in [-0.4, -0.2) is 45.2 Å². The molecule has 0 aliphatic heterocycles. The second kappa shape index (κ2) is 12.3. The molecular weight excluding hydrogens is 394 g/mol. The fourth-order valence-corrected chi connectivity index (χ4v) is 2.64. The molecule has 0 unspecified atom stereocenters. The van der Waals surface area contributed by atoms with Crippen molar-refractivity contribution in [3.63, 3.8) is 0 Å². The number of carbonyl (C=O) groups excluding carboxylic acids is 1. The highest BCUT2D eigenvalue weighted by Crippen LogP contribution is 2.32. The lowest BCUT2D eigenvalue weighted by Gasteiger charge is -2.17. The fourth-order valence-electron chi connectivity index (χ4n) is 2.64. The molecule has 0 atom stereocenters. The Balaban J connectivity index is 1.86. The van der Waals surface area contributed by atoms with Gasteiger partial charge in [0.15, 0.2) is 17.5 Å². The third kappa shape index (κ3) is 7.23. The van der Waals surface area contributed by atoms with Gasteiger partial charge in [0.25, 0.3) is 5.91 Å². The molecule has 7 nitrogen and oxygen atoms in total. The quantitative estimate of drug-likeness (QED) is 0.313. The SMILES string of the molecule is CCOc1cccc(CNC(=NC)NCCNC(=O)c2ccccc2)c1OC(F)F. The molecule has 1 amide bonds. The molecule has 0 bridgehead atoms. The van der Waals surface area contributed by atoms with Gasteiger partial charge < -0.3 is 25.4 Å². The molecule has 0 saturated carbocycles. The first-order valence-corrected chi connectivity index (χ1v) is 9.52. The van der Waals surface area contributed by atoms with Crippen molar-refractivity contribution in [2.24, 2.45) is 4.99 Å². The number of nitrogens with one attached hydrogen (secondary N) is 3. The number of rotatable bonds is 10. The maximum atomic E-state index is 12.8. The van der Waals surface area contributed by atoms with E-state index in [0.29, 0.717) is 36.8 Å². The van der Waals surface area contributed by atoms with Crippen molar-refractivity contribution < 1.29 is 23.0 Å². The van der Waals surface area contributed by atoms with Gasteiger partial charge in [0.2, 0.25) is 0 Å². The van der Waals surface area contributed by atoms with Crippen LogP contribution in [0.5, 0.6) is 11.5 Å². The maximum Gasteiger partial charge on any atom is 0.387 e. The van der Waals surface area contributed by atoms with E-state index in [1.807, 2.05) is 6.07 Å². The van der Waals surface area contributed by atoms with Crippen LogP contribution < -0.4 is 25.4 Å². The number of hydrogen-bond acceptors (Lipinski definition) is 4. The summed E-state index contributed by atoms with van der Waals surface area (Å²) in [7, 11) is 1.59. The van der Waals surface area contributed by atoms with Crippen LogP contribution in [-0.2, 0) is 6.54 Å². The lowest BCUT2D eigenvalue weighted by molar-refractivity contribution is -0.0520. The van der Waals surface area contributed by atoms with E-state index in [1.165, 1.54) is 0 Å². The van der Waals surface area contributed by atoms with Gasteiger partial charge in [0.05, 0.1) is 6.61 Å². The number of alkyl halides is 2. The summed E-state index contributed by atoms with van der Waals surface area (Å²) >= 11 is 0. The molecule has 0 aliphatic carbocycles. The first-order chi connectivity index (χ1) is 14.5. The monoisotopic (exact) mass is 420 g/mol. The highest BCUT2D eigenvalue weighted by atomic mass is 19.3. The topological polar surface area (TPSA) is 84.0 Å². The molecule has 2 rings (SSSR count). The number of para-hydroxylation sites is 1. The predicted octanol–water partition coefficient (Wildman–Crippen LogP) is 2.78. The van der Waals surface area contributed by atoms with Gasteiger partial charge >= 0.3 is 6.61 Å². The highest BCUT2D eigenvalue weighted by molar-refractivity contribution is 5.94. The third-order valence-electron chi connectivity index (χ3n) is 3.98. The first kappa shape index (κ1) is 22.9. The number of aliphatic imine (C=N–C) groups is 1. The number of hydrogen-bond donors (Lipinski definition) is 3. The number of amides is 1. The summed E-state index contributed by atoms with van der Waals surface area (Å²) in [5, 5.41) is 8.89.